The van der Waals surface area contributed by atoms with Crippen LogP contribution in [0, 0.1) is 0 Å². The predicted molar refractivity (Wildman–Crippen MR) is 84.5 cm³/mol. The third kappa shape index (κ3) is 8.31. The normalized spacial score (nSPS) is 10.2. The SMILES string of the molecule is COC(=O)/C=C/C(=O)OCCC(=O)OC(=O)Cc1ccc(OC)cc1. The molecule has 25 heavy (non-hydrogen) atoms. The second-order valence-electron chi connectivity index (χ2n) is 4.64. The molecule has 0 aromatic heterocycles. The fraction of sp³-hybridized carbons (Fsp3) is 0.294. The zero-order valence-corrected chi connectivity index (χ0v) is 13.9. The number of esters is 4. The van der Waals surface area contributed by atoms with Crippen LogP contribution in [0.2, 0.25) is 0 Å². The van der Waals surface area contributed by atoms with Crippen molar-refractivity contribution in [1.82, 2.24) is 0 Å². The molecule has 0 spiro atoms. The van der Waals surface area contributed by atoms with Crippen molar-refractivity contribution in [2.75, 3.05) is 20.8 Å². The van der Waals surface area contributed by atoms with Gasteiger partial charge in [0.25, 0.3) is 0 Å². The minimum absolute atomic E-state index is 0.0720. The summed E-state index contributed by atoms with van der Waals surface area (Å²) in [4.78, 5) is 45.1. The molecule has 0 amide bonds. The Morgan fingerprint density at radius 2 is 1.56 bits per heavy atom. The van der Waals surface area contributed by atoms with Crippen LogP contribution >= 0.6 is 0 Å². The highest BCUT2D eigenvalue weighted by Crippen LogP contribution is 2.12. The molecule has 134 valence electrons. The van der Waals surface area contributed by atoms with Crippen LogP contribution in [0.3, 0.4) is 0 Å². The molecular weight excluding hydrogens is 332 g/mol. The van der Waals surface area contributed by atoms with Gasteiger partial charge < -0.3 is 18.9 Å². The third-order valence-electron chi connectivity index (χ3n) is 2.84. The monoisotopic (exact) mass is 350 g/mol. The zero-order valence-electron chi connectivity index (χ0n) is 13.9. The van der Waals surface area contributed by atoms with Gasteiger partial charge in [0, 0.05) is 12.2 Å². The second kappa shape index (κ2) is 10.6. The van der Waals surface area contributed by atoms with E-state index in [4.69, 9.17) is 4.74 Å². The summed E-state index contributed by atoms with van der Waals surface area (Å²) in [6.07, 6.45) is 1.40. The number of hydrogen-bond donors (Lipinski definition) is 0. The fourth-order valence-electron chi connectivity index (χ4n) is 1.61. The summed E-state index contributed by atoms with van der Waals surface area (Å²) in [5.41, 5.74) is 0.665. The minimum Gasteiger partial charge on any atom is -0.497 e. The van der Waals surface area contributed by atoms with Gasteiger partial charge in [0.1, 0.15) is 12.4 Å². The molecule has 0 aliphatic heterocycles. The molecule has 0 radical (unpaired) electrons. The third-order valence-corrected chi connectivity index (χ3v) is 2.84. The molecule has 8 nitrogen and oxygen atoms in total. The summed E-state index contributed by atoms with van der Waals surface area (Å²) < 4.78 is 18.6. The number of hydrogen-bond acceptors (Lipinski definition) is 8. The largest absolute Gasteiger partial charge is 0.497 e. The van der Waals surface area contributed by atoms with Crippen molar-refractivity contribution in [2.45, 2.75) is 12.8 Å². The molecule has 8 heteroatoms. The van der Waals surface area contributed by atoms with Crippen molar-refractivity contribution in [3.05, 3.63) is 42.0 Å². The lowest BCUT2D eigenvalue weighted by Crippen LogP contribution is -2.16. The minimum atomic E-state index is -0.817. The summed E-state index contributed by atoms with van der Waals surface area (Å²) >= 11 is 0. The molecule has 0 heterocycles. The van der Waals surface area contributed by atoms with Crippen molar-refractivity contribution in [1.29, 1.82) is 0 Å². The summed E-state index contributed by atoms with van der Waals surface area (Å²) in [7, 11) is 2.69. The number of benzene rings is 1. The van der Waals surface area contributed by atoms with Gasteiger partial charge in [-0.15, -0.1) is 0 Å². The van der Waals surface area contributed by atoms with Crippen molar-refractivity contribution in [2.24, 2.45) is 0 Å². The van der Waals surface area contributed by atoms with Crippen LogP contribution in [0.4, 0.5) is 0 Å². The van der Waals surface area contributed by atoms with Crippen LogP contribution in [0.25, 0.3) is 0 Å². The van der Waals surface area contributed by atoms with E-state index in [0.717, 1.165) is 19.3 Å². The Morgan fingerprint density at radius 1 is 0.920 bits per heavy atom. The zero-order chi connectivity index (χ0) is 18.7. The predicted octanol–water partition coefficient (Wildman–Crippen LogP) is 0.970. The molecule has 0 saturated carbocycles. The van der Waals surface area contributed by atoms with E-state index in [1.165, 1.54) is 7.11 Å². The van der Waals surface area contributed by atoms with Gasteiger partial charge in [-0.1, -0.05) is 12.1 Å². The van der Waals surface area contributed by atoms with Gasteiger partial charge >= 0.3 is 23.9 Å². The van der Waals surface area contributed by atoms with E-state index in [0.29, 0.717) is 11.3 Å². The van der Waals surface area contributed by atoms with Crippen LogP contribution in [0.15, 0.2) is 36.4 Å². The number of carbonyl (C=O) groups excluding carboxylic acids is 4. The van der Waals surface area contributed by atoms with Gasteiger partial charge in [-0.05, 0) is 17.7 Å². The molecule has 0 N–H and O–H groups in total. The quantitative estimate of drug-likeness (QED) is 0.296. The highest BCUT2D eigenvalue weighted by Gasteiger charge is 2.12. The first-order valence-electron chi connectivity index (χ1n) is 7.24. The van der Waals surface area contributed by atoms with Crippen LogP contribution in [-0.2, 0) is 39.8 Å². The van der Waals surface area contributed by atoms with Crippen LogP contribution < -0.4 is 4.74 Å². The molecule has 1 aromatic rings. The summed E-state index contributed by atoms with van der Waals surface area (Å²) in [5.74, 6) is -2.41. The van der Waals surface area contributed by atoms with Gasteiger partial charge in [-0.2, -0.15) is 0 Å². The first-order valence-corrected chi connectivity index (χ1v) is 7.24. The van der Waals surface area contributed by atoms with Gasteiger partial charge in [-0.25, -0.2) is 9.59 Å². The van der Waals surface area contributed by atoms with E-state index >= 15 is 0 Å². The molecule has 1 rings (SSSR count). The Labute approximate surface area is 144 Å². The molecule has 0 fully saturated rings. The fourth-order valence-corrected chi connectivity index (χ4v) is 1.61. The maximum atomic E-state index is 11.6. The molecule has 0 saturated heterocycles. The summed E-state index contributed by atoms with van der Waals surface area (Å²) in [5, 5.41) is 0. The van der Waals surface area contributed by atoms with Crippen LogP contribution in [0.1, 0.15) is 12.0 Å². The van der Waals surface area contributed by atoms with Gasteiger partial charge in [0.05, 0.1) is 27.1 Å². The standard InChI is InChI=1S/C17H18O8/c1-22-13-5-3-12(4-6-13)11-17(21)25-16(20)9-10-24-15(19)8-7-14(18)23-2/h3-8H,9-11H2,1-2H3/b8-7+. The first-order chi connectivity index (χ1) is 11.9. The Morgan fingerprint density at radius 3 is 2.16 bits per heavy atom. The first kappa shape index (κ1) is 19.9. The highest BCUT2D eigenvalue weighted by atomic mass is 16.6. The maximum absolute atomic E-state index is 11.6. The molecule has 0 aliphatic rings. The molecule has 0 bridgehead atoms. The molecule has 0 aliphatic carbocycles. The Hall–Kier alpha value is -3.16. The van der Waals surface area contributed by atoms with E-state index in [2.05, 4.69) is 14.2 Å². The van der Waals surface area contributed by atoms with Crippen molar-refractivity contribution >= 4 is 23.9 Å². The van der Waals surface area contributed by atoms with E-state index in [9.17, 15) is 19.2 Å². The van der Waals surface area contributed by atoms with E-state index in [1.54, 1.807) is 24.3 Å². The van der Waals surface area contributed by atoms with Crippen molar-refractivity contribution < 1.29 is 38.1 Å². The number of methoxy groups -OCH3 is 2. The maximum Gasteiger partial charge on any atom is 0.331 e. The Balaban J connectivity index is 2.29. The molecular formula is C17H18O8. The Kier molecular flexibility index (Phi) is 8.42. The van der Waals surface area contributed by atoms with E-state index in [1.807, 2.05) is 0 Å². The lowest BCUT2D eigenvalue weighted by molar-refractivity contribution is -0.160. The van der Waals surface area contributed by atoms with Gasteiger partial charge in [-0.3, -0.25) is 9.59 Å². The summed E-state index contributed by atoms with van der Waals surface area (Å²) in [6, 6.07) is 6.73. The topological polar surface area (TPSA) is 105 Å². The van der Waals surface area contributed by atoms with E-state index in [-0.39, 0.29) is 19.4 Å². The van der Waals surface area contributed by atoms with E-state index < -0.39 is 23.9 Å². The number of carbonyl (C=O) groups is 4. The van der Waals surface area contributed by atoms with Gasteiger partial charge in [0.2, 0.25) is 0 Å². The molecule has 0 atom stereocenters. The molecule has 0 unspecified atom stereocenters. The summed E-state index contributed by atoms with van der Waals surface area (Å²) in [6.45, 7) is -0.279. The van der Waals surface area contributed by atoms with Crippen molar-refractivity contribution in [3.63, 3.8) is 0 Å². The number of ether oxygens (including phenoxy) is 4. The van der Waals surface area contributed by atoms with Crippen LogP contribution in [-0.4, -0.2) is 44.7 Å². The highest BCUT2D eigenvalue weighted by molar-refractivity contribution is 5.91. The average Bonchev–Trinajstić information content (AvgIpc) is 2.60. The smallest absolute Gasteiger partial charge is 0.331 e. The van der Waals surface area contributed by atoms with Gasteiger partial charge in [0.15, 0.2) is 0 Å². The lowest BCUT2D eigenvalue weighted by Gasteiger charge is -2.05. The lowest BCUT2D eigenvalue weighted by atomic mass is 10.1. The van der Waals surface area contributed by atoms with Crippen LogP contribution in [0.5, 0.6) is 5.75 Å². The molecule has 1 aromatic carbocycles. The average molecular weight is 350 g/mol. The van der Waals surface area contributed by atoms with Crippen molar-refractivity contribution in [3.8, 4) is 5.75 Å². The Bertz CT molecular complexity index is 645. The number of rotatable bonds is 8. The second-order valence-corrected chi connectivity index (χ2v) is 4.64.